The van der Waals surface area contributed by atoms with E-state index in [1.54, 1.807) is 11.8 Å². The summed E-state index contributed by atoms with van der Waals surface area (Å²) in [5, 5.41) is 13.4. The summed E-state index contributed by atoms with van der Waals surface area (Å²) in [5.41, 5.74) is 3.11. The van der Waals surface area contributed by atoms with E-state index in [4.69, 9.17) is 4.74 Å². The number of unbranched alkanes of at least 4 members (excludes halogenated alkanes) is 1. The molecule has 0 aliphatic carbocycles. The van der Waals surface area contributed by atoms with Crippen molar-refractivity contribution >= 4 is 55.8 Å². The first-order chi connectivity index (χ1) is 17.9. The summed E-state index contributed by atoms with van der Waals surface area (Å²) < 4.78 is 6.98. The quantitative estimate of drug-likeness (QED) is 0.366. The van der Waals surface area contributed by atoms with Crippen molar-refractivity contribution in [1.29, 1.82) is 0 Å². The number of nitrogens with one attached hydrogen (secondary N) is 1. The first-order valence-corrected chi connectivity index (χ1v) is 13.4. The second-order valence-electron chi connectivity index (χ2n) is 9.51. The maximum atomic E-state index is 13.3. The molecular weight excluding hydrogens is 488 g/mol. The Kier molecular flexibility index (Phi) is 7.08. The fourth-order valence-corrected chi connectivity index (χ4v) is 5.58. The molecule has 3 heterocycles. The van der Waals surface area contributed by atoms with Crippen molar-refractivity contribution in [3.63, 3.8) is 0 Å². The number of anilines is 2. The molecule has 9 heteroatoms. The smallest absolute Gasteiger partial charge is 0.353 e. The highest BCUT2D eigenvalue weighted by Crippen LogP contribution is 2.35. The minimum Gasteiger partial charge on any atom is -0.477 e. The third kappa shape index (κ3) is 5.14. The van der Waals surface area contributed by atoms with Crippen LogP contribution < -0.4 is 10.2 Å². The number of para-hydroxylation sites is 1. The SMILES string of the molecule is CCCCOC1(C)CC=C(c2ccc3c(c2)N(C(=O)Nc2nc4ccccc4s2)CCC3)N=C1C(=O)O. The van der Waals surface area contributed by atoms with Gasteiger partial charge in [0.05, 0.1) is 15.9 Å². The van der Waals surface area contributed by atoms with E-state index < -0.39 is 11.6 Å². The lowest BCUT2D eigenvalue weighted by molar-refractivity contribution is -0.130. The van der Waals surface area contributed by atoms with Crippen LogP contribution in [-0.2, 0) is 16.0 Å². The predicted octanol–water partition coefficient (Wildman–Crippen LogP) is 6.13. The number of amides is 2. The highest BCUT2D eigenvalue weighted by atomic mass is 32.1. The van der Waals surface area contributed by atoms with Gasteiger partial charge < -0.3 is 9.84 Å². The van der Waals surface area contributed by atoms with E-state index in [9.17, 15) is 14.7 Å². The second kappa shape index (κ2) is 10.4. The van der Waals surface area contributed by atoms with E-state index in [0.29, 0.717) is 30.4 Å². The molecule has 0 spiro atoms. The highest BCUT2D eigenvalue weighted by Gasteiger charge is 2.38. The highest BCUT2D eigenvalue weighted by molar-refractivity contribution is 7.22. The zero-order chi connectivity index (χ0) is 26.0. The number of nitrogens with zero attached hydrogens (tertiary/aromatic N) is 3. The van der Waals surface area contributed by atoms with Crippen molar-refractivity contribution in [3.05, 3.63) is 59.7 Å². The average Bonchev–Trinajstić information content (AvgIpc) is 3.30. The molecule has 37 heavy (non-hydrogen) atoms. The summed E-state index contributed by atoms with van der Waals surface area (Å²) in [4.78, 5) is 36.2. The third-order valence-corrected chi connectivity index (χ3v) is 7.74. The molecule has 192 valence electrons. The fraction of sp³-hybridized carbons (Fsp3) is 0.357. The van der Waals surface area contributed by atoms with Gasteiger partial charge in [0, 0.05) is 30.8 Å². The van der Waals surface area contributed by atoms with Crippen LogP contribution >= 0.6 is 11.3 Å². The van der Waals surface area contributed by atoms with Crippen LogP contribution in [0.25, 0.3) is 15.9 Å². The van der Waals surface area contributed by atoms with Gasteiger partial charge in [-0.05, 0) is 49.9 Å². The van der Waals surface area contributed by atoms with Gasteiger partial charge in [-0.25, -0.2) is 19.6 Å². The van der Waals surface area contributed by atoms with Gasteiger partial charge in [-0.1, -0.05) is 55.0 Å². The summed E-state index contributed by atoms with van der Waals surface area (Å²) in [6, 6.07) is 13.4. The minimum absolute atomic E-state index is 0.00394. The van der Waals surface area contributed by atoms with Crippen LogP contribution in [-0.4, -0.2) is 46.6 Å². The Bertz CT molecular complexity index is 1380. The molecule has 2 aliphatic heterocycles. The summed E-state index contributed by atoms with van der Waals surface area (Å²) in [6.07, 6.45) is 5.89. The van der Waals surface area contributed by atoms with E-state index in [0.717, 1.165) is 52.7 Å². The Morgan fingerprint density at radius 1 is 1.24 bits per heavy atom. The minimum atomic E-state index is -1.08. The molecule has 2 N–H and O–H groups in total. The van der Waals surface area contributed by atoms with Crippen molar-refractivity contribution < 1.29 is 19.4 Å². The number of carbonyl (C=O) groups excluding carboxylic acids is 1. The van der Waals surface area contributed by atoms with Gasteiger partial charge in [0.2, 0.25) is 0 Å². The molecule has 0 radical (unpaired) electrons. The predicted molar refractivity (Wildman–Crippen MR) is 148 cm³/mol. The van der Waals surface area contributed by atoms with Gasteiger partial charge in [0.25, 0.3) is 0 Å². The number of aliphatic carboxylic acids is 1. The molecule has 0 bridgehead atoms. The Morgan fingerprint density at radius 3 is 2.86 bits per heavy atom. The van der Waals surface area contributed by atoms with Crippen molar-refractivity contribution in [2.45, 2.75) is 51.6 Å². The topological polar surface area (TPSA) is 104 Å². The number of aromatic nitrogens is 1. The van der Waals surface area contributed by atoms with Gasteiger partial charge in [-0.2, -0.15) is 0 Å². The monoisotopic (exact) mass is 518 g/mol. The number of ether oxygens (including phenoxy) is 1. The van der Waals surface area contributed by atoms with Crippen molar-refractivity contribution in [1.82, 2.24) is 4.98 Å². The molecule has 2 aliphatic rings. The van der Waals surface area contributed by atoms with Gasteiger partial charge in [-0.15, -0.1) is 0 Å². The first kappa shape index (κ1) is 25.1. The summed E-state index contributed by atoms with van der Waals surface area (Å²) in [6.45, 7) is 4.92. The molecule has 2 amide bonds. The van der Waals surface area contributed by atoms with Gasteiger partial charge in [0.1, 0.15) is 5.60 Å². The number of hydrogen-bond acceptors (Lipinski definition) is 6. The summed E-state index contributed by atoms with van der Waals surface area (Å²) >= 11 is 1.44. The number of hydrogen-bond donors (Lipinski definition) is 2. The lowest BCUT2D eigenvalue weighted by atomic mass is 9.90. The van der Waals surface area contributed by atoms with E-state index in [2.05, 4.69) is 22.2 Å². The summed E-state index contributed by atoms with van der Waals surface area (Å²) in [7, 11) is 0. The third-order valence-electron chi connectivity index (χ3n) is 6.79. The summed E-state index contributed by atoms with van der Waals surface area (Å²) in [5.74, 6) is -1.08. The number of aliphatic imine (C=N–C) groups is 1. The molecule has 1 unspecified atom stereocenters. The van der Waals surface area contributed by atoms with Gasteiger partial charge in [0.15, 0.2) is 10.8 Å². The van der Waals surface area contributed by atoms with E-state index in [1.807, 2.05) is 48.5 Å². The number of carboxylic acids is 1. The normalized spacial score (nSPS) is 19.2. The fourth-order valence-electron chi connectivity index (χ4n) is 4.73. The maximum absolute atomic E-state index is 13.3. The van der Waals surface area contributed by atoms with Crippen LogP contribution in [0, 0.1) is 0 Å². The molecule has 5 rings (SSSR count). The van der Waals surface area contributed by atoms with Crippen LogP contribution in [0.2, 0.25) is 0 Å². The van der Waals surface area contributed by atoms with Gasteiger partial charge in [-0.3, -0.25) is 10.2 Å². The van der Waals surface area contributed by atoms with E-state index in [1.165, 1.54) is 11.3 Å². The number of carboxylic acid groups (broad SMARTS) is 1. The number of thiazole rings is 1. The molecule has 1 aromatic heterocycles. The molecule has 2 aromatic carbocycles. The number of urea groups is 1. The van der Waals surface area contributed by atoms with Crippen molar-refractivity contribution in [2.75, 3.05) is 23.4 Å². The first-order valence-electron chi connectivity index (χ1n) is 12.6. The van der Waals surface area contributed by atoms with Crippen LogP contribution in [0.3, 0.4) is 0 Å². The Balaban J connectivity index is 1.40. The lowest BCUT2D eigenvalue weighted by Crippen LogP contribution is -2.44. The Morgan fingerprint density at radius 2 is 2.08 bits per heavy atom. The molecule has 0 saturated heterocycles. The number of aryl methyl sites for hydroxylation is 1. The Hall–Kier alpha value is -3.56. The van der Waals surface area contributed by atoms with E-state index in [-0.39, 0.29) is 11.7 Å². The molecule has 0 saturated carbocycles. The Labute approximate surface area is 219 Å². The second-order valence-corrected chi connectivity index (χ2v) is 10.5. The van der Waals surface area contributed by atoms with Crippen LogP contribution in [0.5, 0.6) is 0 Å². The van der Waals surface area contributed by atoms with Crippen LogP contribution in [0.4, 0.5) is 15.6 Å². The standard InChI is InChI=1S/C28H30N4O4S/c1-3-4-16-36-28(2)14-13-20(29-24(28)25(33)34)19-12-11-18-8-7-15-32(22(18)17-19)27(35)31-26-30-21-9-5-6-10-23(21)37-26/h5-6,9-13,17H,3-4,7-8,14-16H2,1-2H3,(H,33,34)(H,30,31,35). The van der Waals surface area contributed by atoms with E-state index >= 15 is 0 Å². The van der Waals surface area contributed by atoms with Crippen molar-refractivity contribution in [2.24, 2.45) is 4.99 Å². The number of benzene rings is 2. The number of rotatable bonds is 7. The molecule has 8 nitrogen and oxygen atoms in total. The lowest BCUT2D eigenvalue weighted by Gasteiger charge is -2.32. The number of fused-ring (bicyclic) bond motifs is 2. The van der Waals surface area contributed by atoms with Crippen LogP contribution in [0.1, 0.15) is 50.7 Å². The largest absolute Gasteiger partial charge is 0.477 e. The number of carbonyl (C=O) groups is 2. The molecule has 0 fully saturated rings. The average molecular weight is 519 g/mol. The zero-order valence-electron chi connectivity index (χ0n) is 21.0. The molecule has 3 aromatic rings. The maximum Gasteiger partial charge on any atom is 0.353 e. The molecular formula is C28H30N4O4S. The zero-order valence-corrected chi connectivity index (χ0v) is 21.8. The molecule has 1 atom stereocenters. The van der Waals surface area contributed by atoms with Crippen LogP contribution in [0.15, 0.2) is 53.5 Å². The van der Waals surface area contributed by atoms with Crippen molar-refractivity contribution in [3.8, 4) is 0 Å². The van der Waals surface area contributed by atoms with Gasteiger partial charge >= 0.3 is 12.0 Å².